The lowest BCUT2D eigenvalue weighted by atomic mass is 10.1. The van der Waals surface area contributed by atoms with E-state index in [1.807, 2.05) is 0 Å². The van der Waals surface area contributed by atoms with Crippen molar-refractivity contribution in [3.63, 3.8) is 0 Å². The summed E-state index contributed by atoms with van der Waals surface area (Å²) in [5, 5.41) is 19.5. The van der Waals surface area contributed by atoms with Crippen LogP contribution in [-0.4, -0.2) is 49.7 Å². The van der Waals surface area contributed by atoms with Gasteiger partial charge in [-0.3, -0.25) is 0 Å². The predicted octanol–water partition coefficient (Wildman–Crippen LogP) is 0.365. The van der Waals surface area contributed by atoms with Gasteiger partial charge in [-0.1, -0.05) is 0 Å². The first-order valence-corrected chi connectivity index (χ1v) is 6.69. The van der Waals surface area contributed by atoms with Crippen LogP contribution in [0.15, 0.2) is 17.0 Å². The van der Waals surface area contributed by atoms with Crippen LogP contribution in [0.4, 0.5) is 10.2 Å². The molecule has 3 heterocycles. The van der Waals surface area contributed by atoms with Gasteiger partial charge in [-0.05, 0) is 15.9 Å². The van der Waals surface area contributed by atoms with Gasteiger partial charge in [0.15, 0.2) is 12.4 Å². The molecular weight excluding hydrogens is 335 g/mol. The Morgan fingerprint density at radius 2 is 2.25 bits per heavy atom. The number of aromatic nitrogens is 3. The maximum atomic E-state index is 13.8. The summed E-state index contributed by atoms with van der Waals surface area (Å²) in [6, 6.07) is 0. The molecule has 4 atom stereocenters. The average molecular weight is 347 g/mol. The summed E-state index contributed by atoms with van der Waals surface area (Å²) in [4.78, 5) is 7.96. The van der Waals surface area contributed by atoms with E-state index >= 15 is 0 Å². The molecule has 1 saturated heterocycles. The van der Waals surface area contributed by atoms with E-state index in [1.54, 1.807) is 6.20 Å². The normalized spacial score (nSPS) is 30.2. The smallest absolute Gasteiger partial charge is 0.164 e. The van der Waals surface area contributed by atoms with Crippen molar-refractivity contribution in [1.82, 2.24) is 14.5 Å². The predicted molar refractivity (Wildman–Crippen MR) is 71.5 cm³/mol. The van der Waals surface area contributed by atoms with Crippen molar-refractivity contribution >= 4 is 32.8 Å². The van der Waals surface area contributed by atoms with Crippen LogP contribution < -0.4 is 5.73 Å². The van der Waals surface area contributed by atoms with Gasteiger partial charge in [0.05, 0.1) is 12.0 Å². The van der Waals surface area contributed by atoms with Gasteiger partial charge in [-0.15, -0.1) is 0 Å². The number of aliphatic hydroxyl groups excluding tert-OH is 2. The lowest BCUT2D eigenvalue weighted by Crippen LogP contribution is -2.29. The van der Waals surface area contributed by atoms with E-state index in [9.17, 15) is 9.50 Å². The van der Waals surface area contributed by atoms with Crippen molar-refractivity contribution in [3.8, 4) is 0 Å². The number of fused-ring (bicyclic) bond motifs is 1. The molecule has 108 valence electrons. The van der Waals surface area contributed by atoms with Crippen LogP contribution in [0.5, 0.6) is 0 Å². The van der Waals surface area contributed by atoms with Crippen molar-refractivity contribution < 1.29 is 19.3 Å². The van der Waals surface area contributed by atoms with Gasteiger partial charge in [0, 0.05) is 10.7 Å². The number of nitrogens with two attached hydrogens (primary N) is 1. The zero-order valence-electron chi connectivity index (χ0n) is 10.1. The zero-order valence-corrected chi connectivity index (χ0v) is 11.7. The van der Waals surface area contributed by atoms with E-state index in [-0.39, 0.29) is 5.82 Å². The first-order valence-electron chi connectivity index (χ1n) is 5.89. The highest BCUT2D eigenvalue weighted by Gasteiger charge is 2.45. The van der Waals surface area contributed by atoms with Crippen molar-refractivity contribution in [1.29, 1.82) is 0 Å². The van der Waals surface area contributed by atoms with Crippen LogP contribution in [0.2, 0.25) is 0 Å². The first-order chi connectivity index (χ1) is 9.54. The fourth-order valence-electron chi connectivity index (χ4n) is 2.34. The van der Waals surface area contributed by atoms with Gasteiger partial charge in [0.25, 0.3) is 0 Å². The minimum absolute atomic E-state index is 0.267. The summed E-state index contributed by atoms with van der Waals surface area (Å²) >= 11 is 3.32. The quantitative estimate of drug-likeness (QED) is 0.725. The lowest BCUT2D eigenvalue weighted by molar-refractivity contribution is -0.0493. The molecule has 9 heteroatoms. The number of ether oxygens (including phenoxy) is 1. The molecule has 20 heavy (non-hydrogen) atoms. The summed E-state index contributed by atoms with van der Waals surface area (Å²) in [5.41, 5.74) is 6.19. The van der Waals surface area contributed by atoms with Crippen molar-refractivity contribution in [3.05, 3.63) is 17.0 Å². The molecule has 0 radical (unpaired) electrons. The number of alkyl halides is 1. The molecule has 4 N–H and O–H groups in total. The zero-order chi connectivity index (χ0) is 14.4. The van der Waals surface area contributed by atoms with E-state index in [1.165, 1.54) is 10.9 Å². The Morgan fingerprint density at radius 1 is 1.50 bits per heavy atom. The molecule has 3 rings (SSSR count). The number of anilines is 1. The molecule has 0 spiro atoms. The van der Waals surface area contributed by atoms with E-state index in [4.69, 9.17) is 15.6 Å². The number of nitrogens with zero attached hydrogens (tertiary/aromatic N) is 3. The second-order valence-corrected chi connectivity index (χ2v) is 5.38. The summed E-state index contributed by atoms with van der Waals surface area (Å²) in [7, 11) is 0. The molecule has 7 nitrogen and oxygen atoms in total. The molecule has 0 bridgehead atoms. The minimum atomic E-state index is -1.67. The van der Waals surface area contributed by atoms with E-state index in [0.29, 0.717) is 15.5 Å². The fraction of sp³-hybridized carbons (Fsp3) is 0.455. The minimum Gasteiger partial charge on any atom is -0.394 e. The van der Waals surface area contributed by atoms with Gasteiger partial charge in [0.1, 0.15) is 30.0 Å². The Bertz CT molecular complexity index is 652. The van der Waals surface area contributed by atoms with Gasteiger partial charge in [-0.25, -0.2) is 14.4 Å². The highest BCUT2D eigenvalue weighted by molar-refractivity contribution is 9.10. The Kier molecular flexibility index (Phi) is 3.36. The van der Waals surface area contributed by atoms with Crippen LogP contribution in [0.25, 0.3) is 11.0 Å². The molecule has 1 aliphatic rings. The molecular formula is C11H12BrFN4O3. The van der Waals surface area contributed by atoms with Crippen LogP contribution in [0.3, 0.4) is 0 Å². The van der Waals surface area contributed by atoms with Gasteiger partial charge in [-0.2, -0.15) is 0 Å². The summed E-state index contributed by atoms with van der Waals surface area (Å²) < 4.78 is 21.2. The Morgan fingerprint density at radius 3 is 2.90 bits per heavy atom. The molecule has 2 aromatic heterocycles. The van der Waals surface area contributed by atoms with Gasteiger partial charge < -0.3 is 25.3 Å². The number of nitrogen functional groups attached to an aromatic ring is 1. The van der Waals surface area contributed by atoms with Gasteiger partial charge >= 0.3 is 0 Å². The van der Waals surface area contributed by atoms with Crippen LogP contribution in [-0.2, 0) is 4.74 Å². The highest BCUT2D eigenvalue weighted by Crippen LogP contribution is 2.37. The van der Waals surface area contributed by atoms with Gasteiger partial charge in [0.2, 0.25) is 0 Å². The lowest BCUT2D eigenvalue weighted by Gasteiger charge is -2.16. The average Bonchev–Trinajstić information content (AvgIpc) is 2.90. The third-order valence-electron chi connectivity index (χ3n) is 3.33. The topological polar surface area (TPSA) is 106 Å². The Balaban J connectivity index is 2.10. The maximum absolute atomic E-state index is 13.8. The number of hydrogen-bond acceptors (Lipinski definition) is 6. The molecule has 0 aromatic carbocycles. The number of halogens is 2. The molecule has 0 aliphatic carbocycles. The third-order valence-corrected chi connectivity index (χ3v) is 3.94. The van der Waals surface area contributed by atoms with Crippen molar-refractivity contribution in [2.24, 2.45) is 0 Å². The summed E-state index contributed by atoms with van der Waals surface area (Å²) in [6.45, 7) is -0.508. The van der Waals surface area contributed by atoms with Crippen molar-refractivity contribution in [2.45, 2.75) is 24.6 Å². The second kappa shape index (κ2) is 4.92. The largest absolute Gasteiger partial charge is 0.394 e. The van der Waals surface area contributed by atoms with E-state index in [2.05, 4.69) is 25.9 Å². The van der Waals surface area contributed by atoms with Crippen LogP contribution >= 0.6 is 15.9 Å². The Hall–Kier alpha value is -1.29. The Labute approximate surface area is 121 Å². The first kappa shape index (κ1) is 13.7. The fourth-order valence-corrected chi connectivity index (χ4v) is 2.94. The third kappa shape index (κ3) is 1.89. The SMILES string of the molecule is Nc1ncnc2c1c(Br)cn2[C@@H]1O[C@H](CO)[C@@H](F)[C@H]1O. The molecule has 2 aromatic rings. The highest BCUT2D eigenvalue weighted by atomic mass is 79.9. The number of rotatable bonds is 2. The molecule has 0 amide bonds. The van der Waals surface area contributed by atoms with Crippen LogP contribution in [0, 0.1) is 0 Å². The van der Waals surface area contributed by atoms with Crippen molar-refractivity contribution in [2.75, 3.05) is 12.3 Å². The maximum Gasteiger partial charge on any atom is 0.164 e. The number of aliphatic hydroxyl groups is 2. The molecule has 1 fully saturated rings. The summed E-state index contributed by atoms with van der Waals surface area (Å²) in [5.74, 6) is 0.267. The second-order valence-electron chi connectivity index (χ2n) is 4.52. The van der Waals surface area contributed by atoms with Crippen LogP contribution in [0.1, 0.15) is 6.23 Å². The molecule has 1 aliphatic heterocycles. The number of hydrogen-bond donors (Lipinski definition) is 3. The van der Waals surface area contributed by atoms with E-state index < -0.39 is 31.2 Å². The van der Waals surface area contributed by atoms with E-state index in [0.717, 1.165) is 0 Å². The summed E-state index contributed by atoms with van der Waals surface area (Å²) in [6.07, 6.45) is -2.24. The monoisotopic (exact) mass is 346 g/mol. The standard InChI is InChI=1S/C11H12BrFN4O3/c12-4-1-17(10-6(4)9(14)15-3-16-10)11-8(19)7(13)5(2-18)20-11/h1,3,5,7-8,11,18-19H,2H2,(H2,14,15,16)/t5-,7-,8-,11-/m1/s1. The molecule has 0 saturated carbocycles. The molecule has 0 unspecified atom stereocenters.